The molecule has 0 radical (unpaired) electrons. The van der Waals surface area contributed by atoms with Crippen molar-refractivity contribution in [1.29, 1.82) is 0 Å². The molecule has 0 spiro atoms. The number of rotatable bonds is 11. The lowest BCUT2D eigenvalue weighted by atomic mass is 9.95. The van der Waals surface area contributed by atoms with Crippen molar-refractivity contribution in [1.82, 2.24) is 14.5 Å². The van der Waals surface area contributed by atoms with Crippen LogP contribution >= 0.6 is 0 Å². The molecule has 0 aliphatic heterocycles. The molecule has 0 aromatic heterocycles. The molecule has 2 aromatic carbocycles. The second-order valence-electron chi connectivity index (χ2n) is 9.77. The molecular weight excluding hydrogens is 474 g/mol. The highest BCUT2D eigenvalue weighted by atomic mass is 32.2. The SMILES string of the molecule is Cc1ccc(CN(C(=O)CCCN(C)S(=O)(=O)c2ccccc2)[C@H](C)C(=O)NC2CCCCC2)cc1. The van der Waals surface area contributed by atoms with Crippen LogP contribution in [-0.4, -0.2) is 55.1 Å². The van der Waals surface area contributed by atoms with Crippen LogP contribution in [0.15, 0.2) is 59.5 Å². The molecule has 196 valence electrons. The molecule has 7 nitrogen and oxygen atoms in total. The Hall–Kier alpha value is -2.71. The highest BCUT2D eigenvalue weighted by Gasteiger charge is 2.28. The van der Waals surface area contributed by atoms with Crippen LogP contribution < -0.4 is 5.32 Å². The van der Waals surface area contributed by atoms with Crippen LogP contribution in [0.5, 0.6) is 0 Å². The van der Waals surface area contributed by atoms with Crippen LogP contribution in [0.4, 0.5) is 0 Å². The Balaban J connectivity index is 1.64. The first-order valence-electron chi connectivity index (χ1n) is 12.9. The number of benzene rings is 2. The maximum Gasteiger partial charge on any atom is 0.242 e. The van der Waals surface area contributed by atoms with E-state index in [-0.39, 0.29) is 35.7 Å². The van der Waals surface area contributed by atoms with Gasteiger partial charge in [0.1, 0.15) is 6.04 Å². The standard InChI is InChI=1S/C28H39N3O4S/c1-22-16-18-24(19-17-22)21-31(23(2)28(33)29-25-11-6-4-7-12-25)27(32)15-10-20-30(3)36(34,35)26-13-8-5-9-14-26/h5,8-9,13-14,16-19,23,25H,4,6-7,10-12,15,20-21H2,1-3H3,(H,29,33)/t23-/m1/s1. The zero-order valence-corrected chi connectivity index (χ0v) is 22.5. The average molecular weight is 514 g/mol. The van der Waals surface area contributed by atoms with E-state index in [1.54, 1.807) is 42.2 Å². The summed E-state index contributed by atoms with van der Waals surface area (Å²) < 4.78 is 26.8. The van der Waals surface area contributed by atoms with E-state index < -0.39 is 16.1 Å². The predicted molar refractivity (Wildman–Crippen MR) is 142 cm³/mol. The number of carbonyl (C=O) groups is 2. The lowest BCUT2D eigenvalue weighted by Gasteiger charge is -2.31. The Morgan fingerprint density at radius 1 is 1.00 bits per heavy atom. The molecule has 0 saturated heterocycles. The van der Waals surface area contributed by atoms with Gasteiger partial charge in [0.05, 0.1) is 4.90 Å². The van der Waals surface area contributed by atoms with Gasteiger partial charge in [-0.2, -0.15) is 0 Å². The van der Waals surface area contributed by atoms with E-state index in [0.717, 1.165) is 36.8 Å². The lowest BCUT2D eigenvalue weighted by Crippen LogP contribution is -2.50. The van der Waals surface area contributed by atoms with Gasteiger partial charge in [0.25, 0.3) is 0 Å². The van der Waals surface area contributed by atoms with E-state index in [2.05, 4.69) is 5.32 Å². The van der Waals surface area contributed by atoms with Crippen molar-refractivity contribution in [3.63, 3.8) is 0 Å². The summed E-state index contributed by atoms with van der Waals surface area (Å²) in [5.41, 5.74) is 2.08. The summed E-state index contributed by atoms with van der Waals surface area (Å²) in [5.74, 6) is -0.293. The van der Waals surface area contributed by atoms with Crippen molar-refractivity contribution in [3.05, 3.63) is 65.7 Å². The smallest absolute Gasteiger partial charge is 0.242 e. The number of aryl methyl sites for hydroxylation is 1. The first-order chi connectivity index (χ1) is 17.2. The van der Waals surface area contributed by atoms with Gasteiger partial charge in [-0.05, 0) is 50.8 Å². The first kappa shape index (κ1) is 27.9. The van der Waals surface area contributed by atoms with Crippen LogP contribution in [-0.2, 0) is 26.2 Å². The average Bonchev–Trinajstić information content (AvgIpc) is 2.88. The molecule has 8 heteroatoms. The molecule has 0 unspecified atom stereocenters. The number of hydrogen-bond acceptors (Lipinski definition) is 4. The van der Waals surface area contributed by atoms with Gasteiger partial charge in [0.15, 0.2) is 0 Å². The topological polar surface area (TPSA) is 86.8 Å². The number of nitrogens with zero attached hydrogens (tertiary/aromatic N) is 2. The number of carbonyl (C=O) groups excluding carboxylic acids is 2. The zero-order valence-electron chi connectivity index (χ0n) is 21.7. The van der Waals surface area contributed by atoms with Crippen LogP contribution in [0.1, 0.15) is 63.0 Å². The first-order valence-corrected chi connectivity index (χ1v) is 14.3. The summed E-state index contributed by atoms with van der Waals surface area (Å²) in [6.07, 6.45) is 5.91. The van der Waals surface area contributed by atoms with E-state index in [4.69, 9.17) is 0 Å². The molecule has 3 rings (SSSR count). The Bertz CT molecular complexity index is 1100. The molecule has 1 aliphatic carbocycles. The third kappa shape index (κ3) is 7.64. The molecule has 0 heterocycles. The minimum atomic E-state index is -3.61. The van der Waals surface area contributed by atoms with Gasteiger partial charge in [-0.1, -0.05) is 67.3 Å². The van der Waals surface area contributed by atoms with Gasteiger partial charge in [-0.3, -0.25) is 9.59 Å². The molecule has 1 aliphatic rings. The second-order valence-corrected chi connectivity index (χ2v) is 11.8. The fourth-order valence-electron chi connectivity index (χ4n) is 4.53. The molecule has 2 aromatic rings. The monoisotopic (exact) mass is 513 g/mol. The van der Waals surface area contributed by atoms with Crippen LogP contribution in [0.25, 0.3) is 0 Å². The van der Waals surface area contributed by atoms with Crippen molar-refractivity contribution >= 4 is 21.8 Å². The van der Waals surface area contributed by atoms with E-state index in [0.29, 0.717) is 13.0 Å². The molecule has 1 fully saturated rings. The zero-order chi connectivity index (χ0) is 26.1. The Morgan fingerprint density at radius 2 is 1.64 bits per heavy atom. The molecule has 1 saturated carbocycles. The van der Waals surface area contributed by atoms with Gasteiger partial charge in [0, 0.05) is 32.6 Å². The number of nitrogens with one attached hydrogen (secondary N) is 1. The molecule has 0 bridgehead atoms. The highest BCUT2D eigenvalue weighted by Crippen LogP contribution is 2.19. The quantitative estimate of drug-likeness (QED) is 0.486. The third-order valence-electron chi connectivity index (χ3n) is 6.91. The van der Waals surface area contributed by atoms with E-state index in [1.807, 2.05) is 31.2 Å². The minimum Gasteiger partial charge on any atom is -0.352 e. The summed E-state index contributed by atoms with van der Waals surface area (Å²) >= 11 is 0. The van der Waals surface area contributed by atoms with E-state index >= 15 is 0 Å². The fourth-order valence-corrected chi connectivity index (χ4v) is 5.76. The maximum atomic E-state index is 13.3. The summed E-state index contributed by atoms with van der Waals surface area (Å²) in [6.45, 7) is 4.32. The molecule has 36 heavy (non-hydrogen) atoms. The summed E-state index contributed by atoms with van der Waals surface area (Å²) in [6, 6.07) is 15.8. The van der Waals surface area contributed by atoms with Crippen molar-refractivity contribution in [2.75, 3.05) is 13.6 Å². The van der Waals surface area contributed by atoms with Gasteiger partial charge >= 0.3 is 0 Å². The normalized spacial score (nSPS) is 15.4. The number of amides is 2. The number of hydrogen-bond donors (Lipinski definition) is 1. The highest BCUT2D eigenvalue weighted by molar-refractivity contribution is 7.89. The van der Waals surface area contributed by atoms with E-state index in [9.17, 15) is 18.0 Å². The van der Waals surface area contributed by atoms with Gasteiger partial charge in [-0.25, -0.2) is 12.7 Å². The lowest BCUT2D eigenvalue weighted by molar-refractivity contribution is -0.141. The summed E-state index contributed by atoms with van der Waals surface area (Å²) in [5, 5.41) is 3.14. The van der Waals surface area contributed by atoms with E-state index in [1.165, 1.54) is 17.8 Å². The predicted octanol–water partition coefficient (Wildman–Crippen LogP) is 4.26. The number of sulfonamides is 1. The molecule has 1 atom stereocenters. The summed E-state index contributed by atoms with van der Waals surface area (Å²) in [7, 11) is -2.09. The summed E-state index contributed by atoms with van der Waals surface area (Å²) in [4.78, 5) is 28.3. The maximum absolute atomic E-state index is 13.3. The van der Waals surface area contributed by atoms with Crippen molar-refractivity contribution in [2.45, 2.75) is 82.3 Å². The van der Waals surface area contributed by atoms with Crippen LogP contribution in [0.2, 0.25) is 0 Å². The van der Waals surface area contributed by atoms with Crippen LogP contribution in [0, 0.1) is 6.92 Å². The molecule has 2 amide bonds. The Morgan fingerprint density at radius 3 is 2.28 bits per heavy atom. The second kappa shape index (κ2) is 13.0. The molecule has 1 N–H and O–H groups in total. The van der Waals surface area contributed by atoms with Gasteiger partial charge in [0.2, 0.25) is 21.8 Å². The fraction of sp³-hybridized carbons (Fsp3) is 0.500. The van der Waals surface area contributed by atoms with Crippen molar-refractivity contribution < 1.29 is 18.0 Å². The Labute approximate surface area is 215 Å². The van der Waals surface area contributed by atoms with Crippen molar-refractivity contribution in [3.8, 4) is 0 Å². The largest absolute Gasteiger partial charge is 0.352 e. The molecular formula is C28H39N3O4S. The van der Waals surface area contributed by atoms with Crippen molar-refractivity contribution in [2.24, 2.45) is 0 Å². The van der Waals surface area contributed by atoms with Crippen LogP contribution in [0.3, 0.4) is 0 Å². The minimum absolute atomic E-state index is 0.133. The Kier molecular flexibility index (Phi) is 10.1. The van der Waals surface area contributed by atoms with Gasteiger partial charge in [-0.15, -0.1) is 0 Å². The third-order valence-corrected chi connectivity index (χ3v) is 8.78. The van der Waals surface area contributed by atoms with Gasteiger partial charge < -0.3 is 10.2 Å².